The van der Waals surface area contributed by atoms with E-state index in [1.807, 2.05) is 12.1 Å². The highest BCUT2D eigenvalue weighted by Gasteiger charge is 2.50. The predicted octanol–water partition coefficient (Wildman–Crippen LogP) is 4.02. The highest BCUT2D eigenvalue weighted by atomic mass is 32.2. The van der Waals surface area contributed by atoms with Crippen LogP contribution in [0.4, 0.5) is 11.5 Å². The molecular weight excluding hydrogens is 412 g/mol. The maximum absolute atomic E-state index is 9.95. The van der Waals surface area contributed by atoms with Crippen LogP contribution in [0.3, 0.4) is 0 Å². The molecule has 7 nitrogen and oxygen atoms in total. The average Bonchev–Trinajstić information content (AvgIpc) is 3.23. The van der Waals surface area contributed by atoms with Gasteiger partial charge in [-0.05, 0) is 67.5 Å². The SMILES string of the molecule is COc1ncccc1SNc1noc2c1CC1(CC1)c1ccc(N3CCC(O)C3)cc1-2. The highest BCUT2D eigenvalue weighted by Crippen LogP contribution is 2.59. The zero-order chi connectivity index (χ0) is 21.0. The summed E-state index contributed by atoms with van der Waals surface area (Å²) in [6.45, 7) is 1.56. The normalized spacial score (nSPS) is 20.5. The second-order valence-corrected chi connectivity index (χ2v) is 9.48. The Morgan fingerprint density at radius 3 is 3.00 bits per heavy atom. The van der Waals surface area contributed by atoms with Gasteiger partial charge in [0.2, 0.25) is 5.88 Å². The van der Waals surface area contributed by atoms with Crippen molar-refractivity contribution in [2.24, 2.45) is 0 Å². The molecule has 0 radical (unpaired) electrons. The fourth-order valence-electron chi connectivity index (χ4n) is 4.86. The maximum Gasteiger partial charge on any atom is 0.228 e. The molecule has 1 atom stereocenters. The molecule has 31 heavy (non-hydrogen) atoms. The molecule has 1 saturated heterocycles. The number of benzene rings is 1. The number of hydrogen-bond donors (Lipinski definition) is 2. The van der Waals surface area contributed by atoms with Crippen molar-refractivity contribution >= 4 is 23.5 Å². The first kappa shape index (κ1) is 19.0. The van der Waals surface area contributed by atoms with Crippen molar-refractivity contribution in [3.8, 4) is 17.2 Å². The van der Waals surface area contributed by atoms with Crippen LogP contribution < -0.4 is 14.4 Å². The number of fused-ring (bicyclic) bond motifs is 4. The number of aromatic nitrogens is 2. The number of anilines is 2. The molecule has 2 aromatic heterocycles. The molecule has 1 saturated carbocycles. The Hall–Kier alpha value is -2.71. The van der Waals surface area contributed by atoms with Crippen LogP contribution >= 0.6 is 11.9 Å². The van der Waals surface area contributed by atoms with Crippen LogP contribution in [0.5, 0.6) is 5.88 Å². The summed E-state index contributed by atoms with van der Waals surface area (Å²) >= 11 is 1.43. The second kappa shape index (κ2) is 7.17. The molecule has 1 spiro atoms. The molecular formula is C23H24N4O3S. The van der Waals surface area contributed by atoms with Crippen LogP contribution in [0.25, 0.3) is 11.3 Å². The van der Waals surface area contributed by atoms with Gasteiger partial charge in [-0.25, -0.2) is 4.98 Å². The van der Waals surface area contributed by atoms with Gasteiger partial charge in [-0.2, -0.15) is 0 Å². The van der Waals surface area contributed by atoms with Crippen LogP contribution in [0.15, 0.2) is 45.9 Å². The first-order chi connectivity index (χ1) is 15.2. The van der Waals surface area contributed by atoms with E-state index in [-0.39, 0.29) is 11.5 Å². The third-order valence-corrected chi connectivity index (χ3v) is 7.52. The topological polar surface area (TPSA) is 83.7 Å². The van der Waals surface area contributed by atoms with E-state index in [0.717, 1.165) is 52.7 Å². The standard InChI is InChI=1S/C23H24N4O3S/c1-29-22-19(3-2-9-24-22)31-26-21-17-12-23(7-8-23)18-5-4-14(27-10-6-15(28)13-27)11-16(18)20(17)30-25-21/h2-5,9,11,15,28H,6-8,10,12-13H2,1H3,(H,25,26). The van der Waals surface area contributed by atoms with E-state index in [9.17, 15) is 5.11 Å². The van der Waals surface area contributed by atoms with Crippen LogP contribution in [0, 0.1) is 0 Å². The molecule has 160 valence electrons. The summed E-state index contributed by atoms with van der Waals surface area (Å²) in [6, 6.07) is 10.5. The molecule has 2 N–H and O–H groups in total. The average molecular weight is 437 g/mol. The summed E-state index contributed by atoms with van der Waals surface area (Å²) in [6.07, 6.45) is 5.60. The predicted molar refractivity (Wildman–Crippen MR) is 120 cm³/mol. The Kier molecular flexibility index (Phi) is 4.40. The molecule has 0 bridgehead atoms. The van der Waals surface area contributed by atoms with Crippen molar-refractivity contribution in [2.45, 2.75) is 42.1 Å². The third-order valence-electron chi connectivity index (χ3n) is 6.69. The summed E-state index contributed by atoms with van der Waals surface area (Å²) in [5, 5.41) is 14.3. The minimum absolute atomic E-state index is 0.198. The van der Waals surface area contributed by atoms with Gasteiger partial charge in [-0.1, -0.05) is 11.2 Å². The van der Waals surface area contributed by atoms with Gasteiger partial charge in [0.15, 0.2) is 11.6 Å². The van der Waals surface area contributed by atoms with Crippen LogP contribution in [0.2, 0.25) is 0 Å². The zero-order valence-electron chi connectivity index (χ0n) is 17.3. The van der Waals surface area contributed by atoms with Crippen LogP contribution in [0.1, 0.15) is 30.4 Å². The van der Waals surface area contributed by atoms with E-state index in [2.05, 4.69) is 38.0 Å². The van der Waals surface area contributed by atoms with Gasteiger partial charge in [0.25, 0.3) is 0 Å². The summed E-state index contributed by atoms with van der Waals surface area (Å²) in [5.41, 5.74) is 4.98. The molecule has 8 heteroatoms. The lowest BCUT2D eigenvalue weighted by Crippen LogP contribution is -2.22. The molecule has 2 aliphatic carbocycles. The van der Waals surface area contributed by atoms with Crippen molar-refractivity contribution in [3.05, 3.63) is 47.7 Å². The fourth-order valence-corrected chi connectivity index (χ4v) is 5.60. The lowest BCUT2D eigenvalue weighted by atomic mass is 9.79. The molecule has 2 fully saturated rings. The number of β-amino-alcohol motifs (C(OH)–C–C–N with tert-alkyl or cyclic N) is 1. The molecule has 0 amide bonds. The Labute approximate surface area is 184 Å². The fraction of sp³-hybridized carbons (Fsp3) is 0.391. The lowest BCUT2D eigenvalue weighted by Gasteiger charge is -2.27. The summed E-state index contributed by atoms with van der Waals surface area (Å²) in [5.74, 6) is 2.21. The Balaban J connectivity index is 1.33. The number of methoxy groups -OCH3 is 1. The number of rotatable bonds is 5. The zero-order valence-corrected chi connectivity index (χ0v) is 18.1. The number of nitrogens with zero attached hydrogens (tertiary/aromatic N) is 3. The molecule has 3 aromatic rings. The quantitative estimate of drug-likeness (QED) is 0.580. The molecule has 1 aromatic carbocycles. The number of aliphatic hydroxyl groups is 1. The molecule has 1 aliphatic heterocycles. The van der Waals surface area contributed by atoms with Crippen molar-refractivity contribution in [1.82, 2.24) is 10.1 Å². The van der Waals surface area contributed by atoms with Gasteiger partial charge in [0.1, 0.15) is 0 Å². The number of ether oxygens (including phenoxy) is 1. The molecule has 6 rings (SSSR count). The molecule has 3 heterocycles. The lowest BCUT2D eigenvalue weighted by molar-refractivity contribution is 0.198. The summed E-state index contributed by atoms with van der Waals surface area (Å²) in [7, 11) is 1.62. The van der Waals surface area contributed by atoms with Crippen molar-refractivity contribution in [3.63, 3.8) is 0 Å². The van der Waals surface area contributed by atoms with Crippen molar-refractivity contribution in [1.29, 1.82) is 0 Å². The second-order valence-electron chi connectivity index (χ2n) is 8.63. The number of hydrogen-bond acceptors (Lipinski definition) is 8. The van der Waals surface area contributed by atoms with Gasteiger partial charge < -0.3 is 24.0 Å². The minimum Gasteiger partial charge on any atom is -0.480 e. The Morgan fingerprint density at radius 2 is 2.23 bits per heavy atom. The van der Waals surface area contributed by atoms with E-state index in [1.165, 1.54) is 30.4 Å². The van der Waals surface area contributed by atoms with E-state index in [1.54, 1.807) is 13.3 Å². The van der Waals surface area contributed by atoms with E-state index in [0.29, 0.717) is 12.4 Å². The minimum atomic E-state index is -0.246. The van der Waals surface area contributed by atoms with E-state index >= 15 is 0 Å². The van der Waals surface area contributed by atoms with E-state index < -0.39 is 0 Å². The van der Waals surface area contributed by atoms with Crippen LogP contribution in [-0.2, 0) is 11.8 Å². The van der Waals surface area contributed by atoms with Gasteiger partial charge in [0, 0.05) is 41.5 Å². The van der Waals surface area contributed by atoms with Gasteiger partial charge in [-0.15, -0.1) is 0 Å². The monoisotopic (exact) mass is 436 g/mol. The number of pyridine rings is 1. The summed E-state index contributed by atoms with van der Waals surface area (Å²) in [4.78, 5) is 7.40. The van der Waals surface area contributed by atoms with Gasteiger partial charge >= 0.3 is 0 Å². The Morgan fingerprint density at radius 1 is 1.32 bits per heavy atom. The maximum atomic E-state index is 9.95. The molecule has 1 unspecified atom stereocenters. The summed E-state index contributed by atoms with van der Waals surface area (Å²) < 4.78 is 14.6. The first-order valence-corrected chi connectivity index (χ1v) is 11.5. The van der Waals surface area contributed by atoms with E-state index in [4.69, 9.17) is 9.26 Å². The largest absolute Gasteiger partial charge is 0.480 e. The smallest absolute Gasteiger partial charge is 0.228 e. The van der Waals surface area contributed by atoms with Gasteiger partial charge in [0.05, 0.1) is 18.1 Å². The van der Waals surface area contributed by atoms with Gasteiger partial charge in [-0.3, -0.25) is 0 Å². The highest BCUT2D eigenvalue weighted by molar-refractivity contribution is 8.00. The van der Waals surface area contributed by atoms with Crippen LogP contribution in [-0.4, -0.2) is 41.6 Å². The Bertz CT molecular complexity index is 1140. The first-order valence-electron chi connectivity index (χ1n) is 10.7. The number of aliphatic hydroxyl groups excluding tert-OH is 1. The molecule has 3 aliphatic rings. The van der Waals surface area contributed by atoms with Crippen molar-refractivity contribution < 1.29 is 14.4 Å². The number of nitrogens with one attached hydrogen (secondary N) is 1. The third kappa shape index (κ3) is 3.16. The van der Waals surface area contributed by atoms with Crippen molar-refractivity contribution in [2.75, 3.05) is 29.8 Å².